The summed E-state index contributed by atoms with van der Waals surface area (Å²) in [6, 6.07) is 1.85. The van der Waals surface area contributed by atoms with Gasteiger partial charge in [0.1, 0.15) is 0 Å². The van der Waals surface area contributed by atoms with Gasteiger partial charge in [-0.15, -0.1) is 0 Å². The van der Waals surface area contributed by atoms with E-state index in [0.29, 0.717) is 5.95 Å². The van der Waals surface area contributed by atoms with Crippen LogP contribution in [0.5, 0.6) is 0 Å². The van der Waals surface area contributed by atoms with Gasteiger partial charge in [0.25, 0.3) is 0 Å². The molecule has 1 N–H and O–H groups in total. The van der Waals surface area contributed by atoms with E-state index >= 15 is 0 Å². The number of rotatable bonds is 1. The van der Waals surface area contributed by atoms with Crippen molar-refractivity contribution >= 4 is 11.9 Å². The van der Waals surface area contributed by atoms with Crippen molar-refractivity contribution in [1.82, 2.24) is 9.97 Å². The van der Waals surface area contributed by atoms with Gasteiger partial charge in [-0.25, -0.2) is 9.97 Å². The molecule has 0 aromatic carbocycles. The quantitative estimate of drug-likeness (QED) is 0.746. The van der Waals surface area contributed by atoms with Gasteiger partial charge in [0, 0.05) is 18.3 Å². The summed E-state index contributed by atoms with van der Waals surface area (Å²) in [5.41, 5.74) is 1.71. The molecule has 0 bridgehead atoms. The van der Waals surface area contributed by atoms with E-state index in [1.165, 1.54) is 6.92 Å². The molecule has 1 amide bonds. The van der Waals surface area contributed by atoms with Crippen LogP contribution in [0.2, 0.25) is 0 Å². The van der Waals surface area contributed by atoms with Gasteiger partial charge in [-0.05, 0) is 19.9 Å². The van der Waals surface area contributed by atoms with Gasteiger partial charge in [-0.3, -0.25) is 10.1 Å². The molecule has 0 aliphatic carbocycles. The second-order valence-electron chi connectivity index (χ2n) is 2.66. The van der Waals surface area contributed by atoms with Crippen LogP contribution in [-0.4, -0.2) is 15.9 Å². The van der Waals surface area contributed by atoms with Crippen LogP contribution in [0, 0.1) is 13.8 Å². The Morgan fingerprint density at radius 1 is 1.21 bits per heavy atom. The minimum Gasteiger partial charge on any atom is -0.295 e. The zero-order valence-corrected chi connectivity index (χ0v) is 9.38. The van der Waals surface area contributed by atoms with Gasteiger partial charge in [0.05, 0.1) is 0 Å². The zero-order valence-electron chi connectivity index (χ0n) is 9.38. The standard InChI is InChI=1S/C8H11N3O.C2H6/c1-5-4-6(2)10-8(9-5)11-7(3)12;1-2/h4H,1-3H3,(H,9,10,11,12);1-2H3. The van der Waals surface area contributed by atoms with Crippen LogP contribution in [0.25, 0.3) is 0 Å². The van der Waals surface area contributed by atoms with Crippen molar-refractivity contribution < 1.29 is 4.79 Å². The topological polar surface area (TPSA) is 54.9 Å². The van der Waals surface area contributed by atoms with E-state index in [4.69, 9.17) is 0 Å². The number of anilines is 1. The first-order valence-electron chi connectivity index (χ1n) is 4.68. The summed E-state index contributed by atoms with van der Waals surface area (Å²) in [5.74, 6) is 0.222. The molecule has 0 radical (unpaired) electrons. The number of aryl methyl sites for hydroxylation is 2. The Morgan fingerprint density at radius 2 is 1.64 bits per heavy atom. The molecular weight excluding hydrogens is 178 g/mol. The Kier molecular flexibility index (Phi) is 5.44. The van der Waals surface area contributed by atoms with E-state index in [1.807, 2.05) is 33.8 Å². The van der Waals surface area contributed by atoms with E-state index in [-0.39, 0.29) is 5.91 Å². The third kappa shape index (κ3) is 4.54. The van der Waals surface area contributed by atoms with Crippen LogP contribution in [0.15, 0.2) is 6.07 Å². The fraction of sp³-hybridized carbons (Fsp3) is 0.500. The Bertz CT molecular complexity index is 290. The van der Waals surface area contributed by atoms with E-state index < -0.39 is 0 Å². The number of nitrogens with one attached hydrogen (secondary N) is 1. The fourth-order valence-electron chi connectivity index (χ4n) is 0.939. The SMILES string of the molecule is CC.CC(=O)Nc1nc(C)cc(C)n1. The molecule has 0 spiro atoms. The number of hydrogen-bond donors (Lipinski definition) is 1. The number of amides is 1. The van der Waals surface area contributed by atoms with Gasteiger partial charge < -0.3 is 0 Å². The summed E-state index contributed by atoms with van der Waals surface area (Å²) in [6.07, 6.45) is 0. The van der Waals surface area contributed by atoms with Gasteiger partial charge in [0.15, 0.2) is 0 Å². The maximum Gasteiger partial charge on any atom is 0.229 e. The summed E-state index contributed by atoms with van der Waals surface area (Å²) in [5, 5.41) is 2.53. The lowest BCUT2D eigenvalue weighted by Gasteiger charge is -2.01. The number of carbonyl (C=O) groups excluding carboxylic acids is 1. The predicted octanol–water partition coefficient (Wildman–Crippen LogP) is 2.08. The highest BCUT2D eigenvalue weighted by Gasteiger charge is 1.99. The molecule has 1 heterocycles. The highest BCUT2D eigenvalue weighted by atomic mass is 16.1. The third-order valence-corrected chi connectivity index (χ3v) is 1.27. The first-order valence-corrected chi connectivity index (χ1v) is 4.68. The minimum atomic E-state index is -0.153. The normalized spacial score (nSPS) is 8.64. The Morgan fingerprint density at radius 3 is 2.00 bits per heavy atom. The summed E-state index contributed by atoms with van der Waals surface area (Å²) in [6.45, 7) is 9.15. The Labute approximate surface area is 84.8 Å². The van der Waals surface area contributed by atoms with Crippen LogP contribution < -0.4 is 5.32 Å². The molecule has 0 saturated heterocycles. The van der Waals surface area contributed by atoms with Crippen LogP contribution in [0.3, 0.4) is 0 Å². The van der Waals surface area contributed by atoms with Crippen molar-refractivity contribution in [2.75, 3.05) is 5.32 Å². The maximum absolute atomic E-state index is 10.6. The Hall–Kier alpha value is -1.45. The molecule has 1 rings (SSSR count). The molecule has 0 atom stereocenters. The number of nitrogens with zero attached hydrogens (tertiary/aromatic N) is 2. The largest absolute Gasteiger partial charge is 0.295 e. The van der Waals surface area contributed by atoms with Crippen molar-refractivity contribution in [3.05, 3.63) is 17.5 Å². The third-order valence-electron chi connectivity index (χ3n) is 1.27. The molecule has 0 aliphatic rings. The van der Waals surface area contributed by atoms with Crippen molar-refractivity contribution in [2.24, 2.45) is 0 Å². The monoisotopic (exact) mass is 195 g/mol. The molecular formula is C10H17N3O. The van der Waals surface area contributed by atoms with Gasteiger partial charge >= 0.3 is 0 Å². The molecule has 1 aromatic rings. The average Bonchev–Trinajstić information content (AvgIpc) is 2.04. The van der Waals surface area contributed by atoms with Crippen LogP contribution in [-0.2, 0) is 4.79 Å². The van der Waals surface area contributed by atoms with Crippen LogP contribution >= 0.6 is 0 Å². The molecule has 78 valence electrons. The highest BCUT2D eigenvalue weighted by molar-refractivity contribution is 5.86. The summed E-state index contributed by atoms with van der Waals surface area (Å²) >= 11 is 0. The maximum atomic E-state index is 10.6. The molecule has 14 heavy (non-hydrogen) atoms. The molecule has 0 unspecified atom stereocenters. The lowest BCUT2D eigenvalue weighted by molar-refractivity contribution is -0.114. The molecule has 0 saturated carbocycles. The molecule has 1 aromatic heterocycles. The van der Waals surface area contributed by atoms with E-state index in [2.05, 4.69) is 15.3 Å². The van der Waals surface area contributed by atoms with Crippen molar-refractivity contribution in [3.63, 3.8) is 0 Å². The smallest absolute Gasteiger partial charge is 0.229 e. The molecule has 0 aliphatic heterocycles. The number of hydrogen-bond acceptors (Lipinski definition) is 3. The van der Waals surface area contributed by atoms with E-state index in [1.54, 1.807) is 0 Å². The van der Waals surface area contributed by atoms with Crippen molar-refractivity contribution in [2.45, 2.75) is 34.6 Å². The first-order chi connectivity index (χ1) is 6.58. The van der Waals surface area contributed by atoms with Crippen LogP contribution in [0.4, 0.5) is 5.95 Å². The van der Waals surface area contributed by atoms with Gasteiger partial charge in [-0.2, -0.15) is 0 Å². The van der Waals surface area contributed by atoms with Gasteiger partial charge in [-0.1, -0.05) is 13.8 Å². The van der Waals surface area contributed by atoms with Crippen molar-refractivity contribution in [3.8, 4) is 0 Å². The average molecular weight is 195 g/mol. The van der Waals surface area contributed by atoms with E-state index in [0.717, 1.165) is 11.4 Å². The van der Waals surface area contributed by atoms with Gasteiger partial charge in [0.2, 0.25) is 11.9 Å². The second kappa shape index (κ2) is 6.07. The minimum absolute atomic E-state index is 0.153. The summed E-state index contributed by atoms with van der Waals surface area (Å²) in [4.78, 5) is 18.7. The number of carbonyl (C=O) groups is 1. The first kappa shape index (κ1) is 12.6. The second-order valence-corrected chi connectivity index (χ2v) is 2.66. The van der Waals surface area contributed by atoms with E-state index in [9.17, 15) is 4.79 Å². The molecule has 4 nitrogen and oxygen atoms in total. The molecule has 4 heteroatoms. The number of aromatic nitrogens is 2. The lowest BCUT2D eigenvalue weighted by atomic mass is 10.4. The lowest BCUT2D eigenvalue weighted by Crippen LogP contribution is -2.10. The summed E-state index contributed by atoms with van der Waals surface area (Å²) in [7, 11) is 0. The zero-order chi connectivity index (χ0) is 11.1. The highest BCUT2D eigenvalue weighted by Crippen LogP contribution is 2.02. The molecule has 0 fully saturated rings. The summed E-state index contributed by atoms with van der Waals surface area (Å²) < 4.78 is 0. The Balaban J connectivity index is 0.000000791. The van der Waals surface area contributed by atoms with Crippen molar-refractivity contribution in [1.29, 1.82) is 0 Å². The fourth-order valence-corrected chi connectivity index (χ4v) is 0.939. The van der Waals surface area contributed by atoms with Crippen LogP contribution in [0.1, 0.15) is 32.2 Å². The predicted molar refractivity (Wildman–Crippen MR) is 57.2 cm³/mol.